The fourth-order valence-corrected chi connectivity index (χ4v) is 3.02. The average molecular weight is 322 g/mol. The van der Waals surface area contributed by atoms with Crippen molar-refractivity contribution in [2.75, 3.05) is 11.9 Å². The number of hydrogen-bond donors (Lipinski definition) is 1. The van der Waals surface area contributed by atoms with Gasteiger partial charge in [-0.25, -0.2) is 0 Å². The van der Waals surface area contributed by atoms with Crippen LogP contribution in [0.15, 0.2) is 36.4 Å². The third-order valence-corrected chi connectivity index (χ3v) is 4.22. The minimum atomic E-state index is -0.0441. The van der Waals surface area contributed by atoms with Crippen LogP contribution in [-0.2, 0) is 0 Å². The first-order chi connectivity index (χ1) is 10.0. The number of benzene rings is 2. The van der Waals surface area contributed by atoms with Gasteiger partial charge in [-0.3, -0.25) is 0 Å². The molecule has 1 aliphatic heterocycles. The zero-order valence-corrected chi connectivity index (χ0v) is 13.5. The van der Waals surface area contributed by atoms with Crippen LogP contribution in [0.4, 0.5) is 5.69 Å². The van der Waals surface area contributed by atoms with Crippen LogP contribution in [-0.4, -0.2) is 6.54 Å². The molecule has 0 bridgehead atoms. The van der Waals surface area contributed by atoms with Crippen LogP contribution in [0.5, 0.6) is 5.75 Å². The Balaban J connectivity index is 1.86. The Morgan fingerprint density at radius 2 is 1.86 bits per heavy atom. The maximum atomic E-state index is 6.22. The van der Waals surface area contributed by atoms with Gasteiger partial charge in [-0.1, -0.05) is 61.3 Å². The van der Waals surface area contributed by atoms with Crippen LogP contribution in [0.2, 0.25) is 10.0 Å². The van der Waals surface area contributed by atoms with Crippen LogP contribution in [0.3, 0.4) is 0 Å². The van der Waals surface area contributed by atoms with Gasteiger partial charge in [0.05, 0.1) is 17.3 Å². The molecule has 0 amide bonds. The zero-order chi connectivity index (χ0) is 15.0. The maximum absolute atomic E-state index is 6.22. The second-order valence-corrected chi connectivity index (χ2v) is 6.42. The van der Waals surface area contributed by atoms with Crippen molar-refractivity contribution in [3.8, 4) is 5.75 Å². The molecule has 0 radical (unpaired) electrons. The fraction of sp³-hybridized carbons (Fsp3) is 0.294. The SMILES string of the molecule is CC(C)c1ccc(C2CNc3cc(Cl)cc(Cl)c3O2)cc1. The molecule has 1 N–H and O–H groups in total. The highest BCUT2D eigenvalue weighted by Crippen LogP contribution is 2.41. The van der Waals surface area contributed by atoms with Crippen molar-refractivity contribution in [1.29, 1.82) is 0 Å². The lowest BCUT2D eigenvalue weighted by atomic mass is 9.99. The molecule has 0 aliphatic carbocycles. The Morgan fingerprint density at radius 3 is 2.52 bits per heavy atom. The molecule has 0 spiro atoms. The van der Waals surface area contributed by atoms with E-state index in [2.05, 4.69) is 43.4 Å². The summed E-state index contributed by atoms with van der Waals surface area (Å²) >= 11 is 12.2. The van der Waals surface area contributed by atoms with Gasteiger partial charge in [0.2, 0.25) is 0 Å². The second kappa shape index (κ2) is 5.78. The molecule has 4 heteroatoms. The van der Waals surface area contributed by atoms with E-state index in [-0.39, 0.29) is 6.10 Å². The summed E-state index contributed by atoms with van der Waals surface area (Å²) in [5.41, 5.74) is 3.32. The molecule has 2 nitrogen and oxygen atoms in total. The minimum absolute atomic E-state index is 0.0441. The van der Waals surface area contributed by atoms with Crippen LogP contribution in [0.25, 0.3) is 0 Å². The van der Waals surface area contributed by atoms with Gasteiger partial charge < -0.3 is 10.1 Å². The number of fused-ring (bicyclic) bond motifs is 1. The van der Waals surface area contributed by atoms with Crippen molar-refractivity contribution in [3.05, 3.63) is 57.6 Å². The number of ether oxygens (including phenoxy) is 1. The summed E-state index contributed by atoms with van der Waals surface area (Å²) in [6.45, 7) is 5.07. The van der Waals surface area contributed by atoms with E-state index in [4.69, 9.17) is 27.9 Å². The van der Waals surface area contributed by atoms with Gasteiger partial charge in [0.25, 0.3) is 0 Å². The summed E-state index contributed by atoms with van der Waals surface area (Å²) < 4.78 is 6.05. The maximum Gasteiger partial charge on any atom is 0.162 e. The van der Waals surface area contributed by atoms with Crippen molar-refractivity contribution < 1.29 is 4.74 Å². The van der Waals surface area contributed by atoms with Crippen LogP contribution in [0.1, 0.15) is 37.0 Å². The lowest BCUT2D eigenvalue weighted by Crippen LogP contribution is -2.23. The van der Waals surface area contributed by atoms with Gasteiger partial charge in [0.15, 0.2) is 5.75 Å². The molecular weight excluding hydrogens is 305 g/mol. The van der Waals surface area contributed by atoms with Crippen molar-refractivity contribution in [3.63, 3.8) is 0 Å². The Bertz CT molecular complexity index is 653. The van der Waals surface area contributed by atoms with Crippen molar-refractivity contribution >= 4 is 28.9 Å². The summed E-state index contributed by atoms with van der Waals surface area (Å²) in [5, 5.41) is 4.48. The molecule has 3 rings (SSSR count). The van der Waals surface area contributed by atoms with Gasteiger partial charge in [0, 0.05) is 5.02 Å². The molecule has 2 aromatic rings. The predicted octanol–water partition coefficient (Wildman–Crippen LogP) is 5.66. The standard InChI is InChI=1S/C17H17Cl2NO/c1-10(2)11-3-5-12(6-4-11)16-9-20-15-8-13(18)7-14(19)17(15)21-16/h3-8,10,16,20H,9H2,1-2H3. The first kappa shape index (κ1) is 14.6. The lowest BCUT2D eigenvalue weighted by molar-refractivity contribution is 0.210. The van der Waals surface area contributed by atoms with Crippen molar-refractivity contribution in [2.45, 2.75) is 25.9 Å². The number of anilines is 1. The van der Waals surface area contributed by atoms with Crippen LogP contribution >= 0.6 is 23.2 Å². The number of rotatable bonds is 2. The molecule has 1 unspecified atom stereocenters. The normalized spacial score (nSPS) is 17.1. The molecule has 0 aromatic heterocycles. The van der Waals surface area contributed by atoms with E-state index in [0.29, 0.717) is 28.3 Å². The van der Waals surface area contributed by atoms with E-state index in [1.54, 1.807) is 6.07 Å². The minimum Gasteiger partial charge on any atom is -0.480 e. The van der Waals surface area contributed by atoms with E-state index < -0.39 is 0 Å². The number of halogens is 2. The van der Waals surface area contributed by atoms with E-state index >= 15 is 0 Å². The van der Waals surface area contributed by atoms with Crippen molar-refractivity contribution in [1.82, 2.24) is 0 Å². The smallest absolute Gasteiger partial charge is 0.162 e. The van der Waals surface area contributed by atoms with E-state index in [0.717, 1.165) is 11.3 Å². The highest BCUT2D eigenvalue weighted by molar-refractivity contribution is 6.36. The third kappa shape index (κ3) is 2.97. The van der Waals surface area contributed by atoms with E-state index in [1.807, 2.05) is 6.07 Å². The molecule has 1 heterocycles. The monoisotopic (exact) mass is 321 g/mol. The van der Waals surface area contributed by atoms with Gasteiger partial charge in [-0.05, 0) is 29.2 Å². The van der Waals surface area contributed by atoms with E-state index in [9.17, 15) is 0 Å². The Kier molecular flexibility index (Phi) is 4.01. The summed E-state index contributed by atoms with van der Waals surface area (Å²) in [5.74, 6) is 1.20. The lowest BCUT2D eigenvalue weighted by Gasteiger charge is -2.28. The highest BCUT2D eigenvalue weighted by atomic mass is 35.5. The molecule has 0 saturated heterocycles. The molecular formula is C17H17Cl2NO. The topological polar surface area (TPSA) is 21.3 Å². The predicted molar refractivity (Wildman–Crippen MR) is 88.9 cm³/mol. The molecule has 0 saturated carbocycles. The highest BCUT2D eigenvalue weighted by Gasteiger charge is 2.23. The molecule has 1 aliphatic rings. The molecule has 21 heavy (non-hydrogen) atoms. The van der Waals surface area contributed by atoms with E-state index in [1.165, 1.54) is 5.56 Å². The quantitative estimate of drug-likeness (QED) is 0.770. The van der Waals surface area contributed by atoms with Gasteiger partial charge in [-0.15, -0.1) is 0 Å². The summed E-state index contributed by atoms with van der Waals surface area (Å²) in [7, 11) is 0. The van der Waals surface area contributed by atoms with Gasteiger partial charge in [0.1, 0.15) is 6.10 Å². The summed E-state index contributed by atoms with van der Waals surface area (Å²) in [6, 6.07) is 12.1. The van der Waals surface area contributed by atoms with Crippen LogP contribution < -0.4 is 10.1 Å². The summed E-state index contributed by atoms with van der Waals surface area (Å²) in [6.07, 6.45) is -0.0441. The molecule has 0 fully saturated rings. The zero-order valence-electron chi connectivity index (χ0n) is 12.0. The molecule has 110 valence electrons. The third-order valence-electron chi connectivity index (χ3n) is 3.72. The molecule has 2 aromatic carbocycles. The Morgan fingerprint density at radius 1 is 1.14 bits per heavy atom. The average Bonchev–Trinajstić information content (AvgIpc) is 2.47. The number of hydrogen-bond acceptors (Lipinski definition) is 2. The Hall–Kier alpha value is -1.38. The Labute approximate surface area is 135 Å². The van der Waals surface area contributed by atoms with Gasteiger partial charge >= 0.3 is 0 Å². The largest absolute Gasteiger partial charge is 0.480 e. The number of nitrogens with one attached hydrogen (secondary N) is 1. The second-order valence-electron chi connectivity index (χ2n) is 5.57. The first-order valence-electron chi connectivity index (χ1n) is 7.04. The van der Waals surface area contributed by atoms with Gasteiger partial charge in [-0.2, -0.15) is 0 Å². The fourth-order valence-electron chi connectivity index (χ4n) is 2.48. The summed E-state index contributed by atoms with van der Waals surface area (Å²) in [4.78, 5) is 0. The van der Waals surface area contributed by atoms with Crippen molar-refractivity contribution in [2.24, 2.45) is 0 Å². The first-order valence-corrected chi connectivity index (χ1v) is 7.79. The van der Waals surface area contributed by atoms with Crippen LogP contribution in [0, 0.1) is 0 Å². The molecule has 1 atom stereocenters.